The Hall–Kier alpha value is -1.78. The lowest BCUT2D eigenvalue weighted by molar-refractivity contribution is 0.104. The molecule has 0 radical (unpaired) electrons. The molecule has 2 aromatic carbocycles. The van der Waals surface area contributed by atoms with Crippen molar-refractivity contribution in [1.29, 1.82) is 0 Å². The van der Waals surface area contributed by atoms with Gasteiger partial charge in [0.05, 0.1) is 19.2 Å². The van der Waals surface area contributed by atoms with Gasteiger partial charge in [-0.3, -0.25) is 4.79 Å². The van der Waals surface area contributed by atoms with E-state index in [0.29, 0.717) is 22.1 Å². The average molecular weight is 382 g/mol. The summed E-state index contributed by atoms with van der Waals surface area (Å²) in [5, 5.41) is 0.426. The van der Waals surface area contributed by atoms with Gasteiger partial charge in [-0.25, -0.2) is 0 Å². The van der Waals surface area contributed by atoms with E-state index in [2.05, 4.69) is 15.9 Å². The Labute approximate surface area is 142 Å². The molecule has 0 unspecified atom stereocenters. The number of hydrogen-bond acceptors (Lipinski definition) is 3. The number of methoxy groups -OCH3 is 2. The van der Waals surface area contributed by atoms with E-state index in [1.807, 2.05) is 18.2 Å². The summed E-state index contributed by atoms with van der Waals surface area (Å²) in [6.07, 6.45) is 3.19. The minimum atomic E-state index is -0.0987. The van der Waals surface area contributed by atoms with Crippen LogP contribution in [-0.2, 0) is 0 Å². The van der Waals surface area contributed by atoms with Crippen LogP contribution >= 0.6 is 27.5 Å². The van der Waals surface area contributed by atoms with Crippen molar-refractivity contribution >= 4 is 39.4 Å². The molecule has 0 heterocycles. The van der Waals surface area contributed by atoms with Crippen molar-refractivity contribution in [2.24, 2.45) is 0 Å². The maximum absolute atomic E-state index is 12.2. The second kappa shape index (κ2) is 7.47. The molecule has 0 amide bonds. The first kappa shape index (κ1) is 16.6. The number of carbonyl (C=O) groups excluding carboxylic acids is 1. The molecule has 0 aliphatic carbocycles. The normalized spacial score (nSPS) is 10.7. The largest absolute Gasteiger partial charge is 0.493 e. The molecule has 114 valence electrons. The van der Waals surface area contributed by atoms with Gasteiger partial charge in [0.15, 0.2) is 17.3 Å². The minimum absolute atomic E-state index is 0.0987. The molecule has 0 bridgehead atoms. The zero-order valence-electron chi connectivity index (χ0n) is 12.1. The summed E-state index contributed by atoms with van der Waals surface area (Å²) < 4.78 is 11.2. The molecule has 0 spiro atoms. The van der Waals surface area contributed by atoms with E-state index in [9.17, 15) is 4.79 Å². The SMILES string of the molecule is COc1cc(C=CC(=O)c2ccccc2Br)cc(Cl)c1OC. The molecule has 5 heteroatoms. The second-order valence-corrected chi connectivity index (χ2v) is 5.68. The van der Waals surface area contributed by atoms with E-state index < -0.39 is 0 Å². The number of carbonyl (C=O) groups is 1. The summed E-state index contributed by atoms with van der Waals surface area (Å²) in [5.41, 5.74) is 1.35. The van der Waals surface area contributed by atoms with Crippen molar-refractivity contribution in [2.75, 3.05) is 14.2 Å². The van der Waals surface area contributed by atoms with Crippen molar-refractivity contribution in [3.63, 3.8) is 0 Å². The van der Waals surface area contributed by atoms with Gasteiger partial charge in [-0.2, -0.15) is 0 Å². The maximum atomic E-state index is 12.2. The Morgan fingerprint density at radius 3 is 2.55 bits per heavy atom. The summed E-state index contributed by atoms with van der Waals surface area (Å²) in [4.78, 5) is 12.2. The molecule has 0 saturated heterocycles. The van der Waals surface area contributed by atoms with Crippen molar-refractivity contribution in [2.45, 2.75) is 0 Å². The van der Waals surface area contributed by atoms with Gasteiger partial charge in [-0.1, -0.05) is 45.7 Å². The highest BCUT2D eigenvalue weighted by atomic mass is 79.9. The molecule has 2 rings (SSSR count). The van der Waals surface area contributed by atoms with E-state index in [4.69, 9.17) is 21.1 Å². The Morgan fingerprint density at radius 2 is 1.91 bits per heavy atom. The predicted octanol–water partition coefficient (Wildman–Crippen LogP) is 5.02. The minimum Gasteiger partial charge on any atom is -0.493 e. The number of ketones is 1. The van der Waals surface area contributed by atoms with Crippen LogP contribution in [0.3, 0.4) is 0 Å². The van der Waals surface area contributed by atoms with Crippen LogP contribution in [0.25, 0.3) is 6.08 Å². The predicted molar refractivity (Wildman–Crippen MR) is 92.1 cm³/mol. The standard InChI is InChI=1S/C17H14BrClO3/c1-21-16-10-11(9-14(19)17(16)22-2)7-8-15(20)12-5-3-4-6-13(12)18/h3-10H,1-2H3. The molecule has 0 fully saturated rings. The highest BCUT2D eigenvalue weighted by Crippen LogP contribution is 2.36. The van der Waals surface area contributed by atoms with Crippen molar-refractivity contribution in [3.8, 4) is 11.5 Å². The second-order valence-electron chi connectivity index (χ2n) is 4.42. The molecular formula is C17H14BrClO3. The quantitative estimate of drug-likeness (QED) is 0.539. The first-order valence-corrected chi connectivity index (χ1v) is 7.62. The fourth-order valence-corrected chi connectivity index (χ4v) is 2.73. The molecule has 0 atom stereocenters. The number of ether oxygens (including phenoxy) is 2. The molecule has 0 aliphatic rings. The maximum Gasteiger partial charge on any atom is 0.186 e. The number of halogens is 2. The van der Waals surface area contributed by atoms with Crippen molar-refractivity contribution in [3.05, 3.63) is 63.1 Å². The Balaban J connectivity index is 2.29. The zero-order valence-corrected chi connectivity index (χ0v) is 14.4. The molecular weight excluding hydrogens is 368 g/mol. The van der Waals surface area contributed by atoms with Gasteiger partial charge < -0.3 is 9.47 Å². The monoisotopic (exact) mass is 380 g/mol. The topological polar surface area (TPSA) is 35.5 Å². The van der Waals surface area contributed by atoms with Crippen LogP contribution < -0.4 is 9.47 Å². The zero-order chi connectivity index (χ0) is 16.1. The third-order valence-corrected chi connectivity index (χ3v) is 3.99. The molecule has 3 nitrogen and oxygen atoms in total. The Morgan fingerprint density at radius 1 is 1.18 bits per heavy atom. The van der Waals surface area contributed by atoms with E-state index >= 15 is 0 Å². The lowest BCUT2D eigenvalue weighted by Gasteiger charge is -2.10. The molecule has 22 heavy (non-hydrogen) atoms. The number of allylic oxidation sites excluding steroid dienone is 1. The van der Waals surface area contributed by atoms with Crippen molar-refractivity contribution in [1.82, 2.24) is 0 Å². The van der Waals surface area contributed by atoms with Crippen LogP contribution in [-0.4, -0.2) is 20.0 Å². The highest BCUT2D eigenvalue weighted by Gasteiger charge is 2.10. The fraction of sp³-hybridized carbons (Fsp3) is 0.118. The summed E-state index contributed by atoms with van der Waals surface area (Å²) in [6.45, 7) is 0. The van der Waals surface area contributed by atoms with Crippen LogP contribution in [0.4, 0.5) is 0 Å². The molecule has 0 N–H and O–H groups in total. The van der Waals surface area contributed by atoms with Crippen molar-refractivity contribution < 1.29 is 14.3 Å². The highest BCUT2D eigenvalue weighted by molar-refractivity contribution is 9.10. The van der Waals surface area contributed by atoms with Gasteiger partial charge in [0.25, 0.3) is 0 Å². The van der Waals surface area contributed by atoms with Crippen LogP contribution in [0, 0.1) is 0 Å². The fourth-order valence-electron chi connectivity index (χ4n) is 1.96. The van der Waals surface area contributed by atoms with Crippen LogP contribution in [0.2, 0.25) is 5.02 Å². The lowest BCUT2D eigenvalue weighted by Crippen LogP contribution is -1.95. The van der Waals surface area contributed by atoms with Crippen LogP contribution in [0.1, 0.15) is 15.9 Å². The third kappa shape index (κ3) is 3.70. The van der Waals surface area contributed by atoms with E-state index in [0.717, 1.165) is 10.0 Å². The number of benzene rings is 2. The summed E-state index contributed by atoms with van der Waals surface area (Å²) >= 11 is 9.50. The number of rotatable bonds is 5. The van der Waals surface area contributed by atoms with Gasteiger partial charge in [0, 0.05) is 10.0 Å². The van der Waals surface area contributed by atoms with Crippen LogP contribution in [0.15, 0.2) is 46.9 Å². The molecule has 0 aromatic heterocycles. The van der Waals surface area contributed by atoms with Gasteiger partial charge in [-0.05, 0) is 35.9 Å². The average Bonchev–Trinajstić information content (AvgIpc) is 2.52. The summed E-state index contributed by atoms with van der Waals surface area (Å²) in [5.74, 6) is 0.889. The van der Waals surface area contributed by atoms with E-state index in [1.54, 1.807) is 24.3 Å². The van der Waals surface area contributed by atoms with Crippen LogP contribution in [0.5, 0.6) is 11.5 Å². The molecule has 0 saturated carbocycles. The first-order chi connectivity index (χ1) is 10.6. The van der Waals surface area contributed by atoms with Gasteiger partial charge >= 0.3 is 0 Å². The Bertz CT molecular complexity index is 726. The third-order valence-electron chi connectivity index (χ3n) is 3.02. The first-order valence-electron chi connectivity index (χ1n) is 6.45. The molecule has 2 aromatic rings. The smallest absolute Gasteiger partial charge is 0.186 e. The van der Waals surface area contributed by atoms with Gasteiger partial charge in [-0.15, -0.1) is 0 Å². The Kier molecular flexibility index (Phi) is 5.63. The van der Waals surface area contributed by atoms with Gasteiger partial charge in [0.2, 0.25) is 0 Å². The van der Waals surface area contributed by atoms with E-state index in [1.165, 1.54) is 20.3 Å². The van der Waals surface area contributed by atoms with E-state index in [-0.39, 0.29) is 5.78 Å². The summed E-state index contributed by atoms with van der Waals surface area (Å²) in [7, 11) is 3.06. The molecule has 0 aliphatic heterocycles. The lowest BCUT2D eigenvalue weighted by atomic mass is 10.1. The number of hydrogen-bond donors (Lipinski definition) is 0. The summed E-state index contributed by atoms with van der Waals surface area (Å²) in [6, 6.07) is 10.7. The van der Waals surface area contributed by atoms with Gasteiger partial charge in [0.1, 0.15) is 0 Å².